The minimum absolute atomic E-state index is 0.176. The molecular weight excluding hydrogens is 215 g/mol. The van der Waals surface area contributed by atoms with Gasteiger partial charge in [-0.1, -0.05) is 18.9 Å². The van der Waals surface area contributed by atoms with E-state index in [1.54, 1.807) is 12.1 Å². The lowest BCUT2D eigenvalue weighted by atomic mass is 10.2. The summed E-state index contributed by atoms with van der Waals surface area (Å²) in [5.41, 5.74) is 0.875. The highest BCUT2D eigenvalue weighted by molar-refractivity contribution is 5.42. The summed E-state index contributed by atoms with van der Waals surface area (Å²) in [7, 11) is 0. The van der Waals surface area contributed by atoms with Crippen molar-refractivity contribution in [1.29, 1.82) is 0 Å². The summed E-state index contributed by atoms with van der Waals surface area (Å²) in [6.45, 7) is 4.37. The van der Waals surface area contributed by atoms with Gasteiger partial charge in [-0.15, -0.1) is 0 Å². The van der Waals surface area contributed by atoms with Crippen molar-refractivity contribution in [2.45, 2.75) is 25.7 Å². The molecule has 0 saturated carbocycles. The van der Waals surface area contributed by atoms with Crippen molar-refractivity contribution in [3.63, 3.8) is 0 Å². The first-order valence-corrected chi connectivity index (χ1v) is 6.56. The largest absolute Gasteiger partial charge is 0.384 e. The first kappa shape index (κ1) is 12.4. The van der Waals surface area contributed by atoms with Gasteiger partial charge < -0.3 is 10.2 Å². The van der Waals surface area contributed by atoms with E-state index in [0.717, 1.165) is 18.8 Å². The molecule has 1 aromatic rings. The Morgan fingerprint density at radius 1 is 1.12 bits per heavy atom. The molecule has 0 atom stereocenters. The lowest BCUT2D eigenvalue weighted by molar-refractivity contribution is 0.296. The van der Waals surface area contributed by atoms with E-state index in [9.17, 15) is 4.39 Å². The Morgan fingerprint density at radius 3 is 2.59 bits per heavy atom. The van der Waals surface area contributed by atoms with Crippen LogP contribution in [0.1, 0.15) is 25.7 Å². The van der Waals surface area contributed by atoms with Crippen molar-refractivity contribution in [2.24, 2.45) is 0 Å². The Labute approximate surface area is 103 Å². The SMILES string of the molecule is Fc1cccc(NCCN2CCCCCC2)c1. The van der Waals surface area contributed by atoms with E-state index in [-0.39, 0.29) is 5.82 Å². The third-order valence-electron chi connectivity index (χ3n) is 3.28. The first-order valence-electron chi connectivity index (χ1n) is 6.56. The zero-order chi connectivity index (χ0) is 11.9. The monoisotopic (exact) mass is 236 g/mol. The topological polar surface area (TPSA) is 15.3 Å². The highest BCUT2D eigenvalue weighted by Crippen LogP contribution is 2.10. The summed E-state index contributed by atoms with van der Waals surface area (Å²) in [5.74, 6) is -0.176. The van der Waals surface area contributed by atoms with E-state index in [0.29, 0.717) is 0 Å². The molecule has 0 aromatic heterocycles. The summed E-state index contributed by atoms with van der Waals surface area (Å²) in [6.07, 6.45) is 5.38. The molecule has 1 aromatic carbocycles. The normalized spacial score (nSPS) is 17.7. The van der Waals surface area contributed by atoms with Crippen molar-refractivity contribution < 1.29 is 4.39 Å². The van der Waals surface area contributed by atoms with Gasteiger partial charge in [0.25, 0.3) is 0 Å². The molecule has 94 valence electrons. The third-order valence-corrected chi connectivity index (χ3v) is 3.28. The molecule has 0 spiro atoms. The summed E-state index contributed by atoms with van der Waals surface area (Å²) in [6, 6.07) is 6.66. The fourth-order valence-corrected chi connectivity index (χ4v) is 2.32. The Morgan fingerprint density at radius 2 is 1.88 bits per heavy atom. The maximum atomic E-state index is 13.0. The minimum Gasteiger partial charge on any atom is -0.384 e. The molecule has 1 heterocycles. The summed E-state index contributed by atoms with van der Waals surface area (Å²) in [4.78, 5) is 2.50. The second kappa shape index (κ2) is 6.60. The summed E-state index contributed by atoms with van der Waals surface area (Å²) < 4.78 is 13.0. The van der Waals surface area contributed by atoms with Crippen LogP contribution in [0, 0.1) is 5.82 Å². The van der Waals surface area contributed by atoms with Crippen LogP contribution in [0.2, 0.25) is 0 Å². The number of anilines is 1. The van der Waals surface area contributed by atoms with Crippen molar-refractivity contribution >= 4 is 5.69 Å². The van der Waals surface area contributed by atoms with Crippen LogP contribution in [0.3, 0.4) is 0 Å². The van der Waals surface area contributed by atoms with Gasteiger partial charge in [0.05, 0.1) is 0 Å². The zero-order valence-corrected chi connectivity index (χ0v) is 10.3. The Balaban J connectivity index is 1.71. The highest BCUT2D eigenvalue weighted by Gasteiger charge is 2.07. The van der Waals surface area contributed by atoms with E-state index in [1.807, 2.05) is 6.07 Å². The van der Waals surface area contributed by atoms with Gasteiger partial charge in [0, 0.05) is 18.8 Å². The predicted octanol–water partition coefficient (Wildman–Crippen LogP) is 3.11. The molecule has 1 fully saturated rings. The number of nitrogens with one attached hydrogen (secondary N) is 1. The summed E-state index contributed by atoms with van der Waals surface area (Å²) >= 11 is 0. The average Bonchev–Trinajstić information content (AvgIpc) is 2.58. The van der Waals surface area contributed by atoms with Gasteiger partial charge in [-0.25, -0.2) is 4.39 Å². The molecule has 0 unspecified atom stereocenters. The zero-order valence-electron chi connectivity index (χ0n) is 10.3. The fourth-order valence-electron chi connectivity index (χ4n) is 2.32. The van der Waals surface area contributed by atoms with Crippen LogP contribution in [-0.4, -0.2) is 31.1 Å². The summed E-state index contributed by atoms with van der Waals surface area (Å²) in [5, 5.41) is 3.27. The van der Waals surface area contributed by atoms with E-state index < -0.39 is 0 Å². The van der Waals surface area contributed by atoms with Crippen LogP contribution in [0.25, 0.3) is 0 Å². The van der Waals surface area contributed by atoms with Gasteiger partial charge in [-0.05, 0) is 44.1 Å². The quantitative estimate of drug-likeness (QED) is 0.864. The lowest BCUT2D eigenvalue weighted by Crippen LogP contribution is -2.29. The predicted molar refractivity (Wildman–Crippen MR) is 69.8 cm³/mol. The Kier molecular flexibility index (Phi) is 4.80. The van der Waals surface area contributed by atoms with Crippen LogP contribution >= 0.6 is 0 Å². The maximum absolute atomic E-state index is 13.0. The van der Waals surface area contributed by atoms with Gasteiger partial charge in [0.2, 0.25) is 0 Å². The van der Waals surface area contributed by atoms with Crippen molar-refractivity contribution in [3.8, 4) is 0 Å². The number of benzene rings is 1. The van der Waals surface area contributed by atoms with E-state index in [4.69, 9.17) is 0 Å². The molecule has 1 aliphatic heterocycles. The molecule has 1 N–H and O–H groups in total. The molecule has 1 aliphatic rings. The van der Waals surface area contributed by atoms with Gasteiger partial charge >= 0.3 is 0 Å². The second-order valence-corrected chi connectivity index (χ2v) is 4.69. The number of hydrogen-bond acceptors (Lipinski definition) is 2. The van der Waals surface area contributed by atoms with E-state index in [2.05, 4.69) is 10.2 Å². The lowest BCUT2D eigenvalue weighted by Gasteiger charge is -2.20. The number of nitrogens with zero attached hydrogens (tertiary/aromatic N) is 1. The van der Waals surface area contributed by atoms with Crippen LogP contribution in [0.5, 0.6) is 0 Å². The van der Waals surface area contributed by atoms with Crippen LogP contribution in [-0.2, 0) is 0 Å². The molecule has 2 rings (SSSR count). The third kappa shape index (κ3) is 4.35. The van der Waals surface area contributed by atoms with Crippen molar-refractivity contribution in [1.82, 2.24) is 4.90 Å². The standard InChI is InChI=1S/C14H21FN2/c15-13-6-5-7-14(12-13)16-8-11-17-9-3-1-2-4-10-17/h5-7,12,16H,1-4,8-11H2. The molecule has 17 heavy (non-hydrogen) atoms. The minimum atomic E-state index is -0.176. The molecular formula is C14H21FN2. The fraction of sp³-hybridized carbons (Fsp3) is 0.571. The number of hydrogen-bond donors (Lipinski definition) is 1. The molecule has 0 aliphatic carbocycles. The van der Waals surface area contributed by atoms with Crippen LogP contribution < -0.4 is 5.32 Å². The molecule has 0 amide bonds. The van der Waals surface area contributed by atoms with Crippen LogP contribution in [0.15, 0.2) is 24.3 Å². The molecule has 2 nitrogen and oxygen atoms in total. The average molecular weight is 236 g/mol. The smallest absolute Gasteiger partial charge is 0.125 e. The Bertz CT molecular complexity index is 333. The highest BCUT2D eigenvalue weighted by atomic mass is 19.1. The van der Waals surface area contributed by atoms with Gasteiger partial charge in [-0.2, -0.15) is 0 Å². The van der Waals surface area contributed by atoms with Gasteiger partial charge in [0.15, 0.2) is 0 Å². The van der Waals surface area contributed by atoms with E-state index in [1.165, 1.54) is 44.8 Å². The van der Waals surface area contributed by atoms with E-state index >= 15 is 0 Å². The van der Waals surface area contributed by atoms with Gasteiger partial charge in [0.1, 0.15) is 5.82 Å². The molecule has 0 radical (unpaired) electrons. The molecule has 3 heteroatoms. The van der Waals surface area contributed by atoms with Gasteiger partial charge in [-0.3, -0.25) is 0 Å². The van der Waals surface area contributed by atoms with Crippen LogP contribution in [0.4, 0.5) is 10.1 Å². The maximum Gasteiger partial charge on any atom is 0.125 e. The second-order valence-electron chi connectivity index (χ2n) is 4.69. The number of likely N-dealkylation sites (tertiary alicyclic amines) is 1. The van der Waals surface area contributed by atoms with Crippen molar-refractivity contribution in [2.75, 3.05) is 31.5 Å². The number of halogens is 1. The first-order chi connectivity index (χ1) is 8.34. The van der Waals surface area contributed by atoms with Crippen molar-refractivity contribution in [3.05, 3.63) is 30.1 Å². The molecule has 1 saturated heterocycles. The number of rotatable bonds is 4. The molecule has 0 bridgehead atoms. The Hall–Kier alpha value is -1.09.